The number of carbonyl (C=O) groups excluding carboxylic acids is 2. The Labute approximate surface area is 189 Å². The number of ether oxygens (including phenoxy) is 3. The van der Waals surface area contributed by atoms with Gasteiger partial charge in [-0.25, -0.2) is 4.79 Å². The Morgan fingerprint density at radius 1 is 1.31 bits per heavy atom. The normalized spacial score (nSPS) is 20.3. The fourth-order valence-electron chi connectivity index (χ4n) is 3.17. The molecule has 12 nitrogen and oxygen atoms in total. The maximum absolute atomic E-state index is 12.5. The van der Waals surface area contributed by atoms with E-state index in [1.54, 1.807) is 6.07 Å². The Bertz CT molecular complexity index is 882. The van der Waals surface area contributed by atoms with Crippen molar-refractivity contribution < 1.29 is 70.6 Å². The molecule has 2 atom stereocenters. The summed E-state index contributed by atoms with van der Waals surface area (Å²) in [5, 5.41) is 0.468. The van der Waals surface area contributed by atoms with Gasteiger partial charge in [0, 0.05) is 7.11 Å². The second-order valence-corrected chi connectivity index (χ2v) is 7.00. The fraction of sp³-hybridized carbons (Fsp3) is 0.467. The largest absolute Gasteiger partial charge is 1.00 e. The number of amides is 3. The van der Waals surface area contributed by atoms with Crippen molar-refractivity contribution in [1.29, 1.82) is 0 Å². The molecule has 0 unspecified atom stereocenters. The average Bonchev–Trinajstić information content (AvgIpc) is 2.87. The number of fused-ring (bicyclic) bond motifs is 4. The van der Waals surface area contributed by atoms with Crippen LogP contribution in [-0.2, 0) is 29.0 Å². The minimum atomic E-state index is -4.97. The molecule has 29 heavy (non-hydrogen) atoms. The third-order valence-electron chi connectivity index (χ3n) is 4.27. The first-order valence-electron chi connectivity index (χ1n) is 8.08. The minimum Gasteiger partial charge on any atom is -0.666 e. The maximum Gasteiger partial charge on any atom is 1.00 e. The van der Waals surface area contributed by atoms with Gasteiger partial charge in [-0.2, -0.15) is 13.5 Å². The van der Waals surface area contributed by atoms with Crippen LogP contribution in [0, 0.1) is 0 Å². The SMILES string of the molecule is COCCOCOc1ccc2c(c1)[C@@H]1CN(C(=O)N1OS(=O)(=O)O)[C@H]2C([NH-])=O.[Na+]. The van der Waals surface area contributed by atoms with Crippen LogP contribution in [0.5, 0.6) is 5.75 Å². The summed E-state index contributed by atoms with van der Waals surface area (Å²) in [5.74, 6) is -0.703. The van der Waals surface area contributed by atoms with Gasteiger partial charge >= 0.3 is 46.0 Å². The van der Waals surface area contributed by atoms with Crippen LogP contribution in [-0.4, -0.2) is 68.5 Å². The van der Waals surface area contributed by atoms with Crippen LogP contribution < -0.4 is 34.3 Å². The second-order valence-electron chi connectivity index (χ2n) is 6.00. The average molecular weight is 439 g/mol. The molecule has 0 radical (unpaired) electrons. The third-order valence-corrected chi connectivity index (χ3v) is 4.62. The number of rotatable bonds is 9. The van der Waals surface area contributed by atoms with Gasteiger partial charge in [0.05, 0.1) is 25.7 Å². The number of carbonyl (C=O) groups is 2. The van der Waals surface area contributed by atoms with Gasteiger partial charge in [-0.3, -0.25) is 4.55 Å². The van der Waals surface area contributed by atoms with E-state index in [4.69, 9.17) is 24.5 Å². The van der Waals surface area contributed by atoms with Crippen LogP contribution >= 0.6 is 0 Å². The number of methoxy groups -OCH3 is 1. The molecular formula is C15H18N3NaO9S. The van der Waals surface area contributed by atoms with Gasteiger partial charge in [-0.05, 0) is 23.3 Å². The summed E-state index contributed by atoms with van der Waals surface area (Å²) in [6.45, 7) is 0.538. The van der Waals surface area contributed by atoms with Gasteiger partial charge in [0.2, 0.25) is 0 Å². The molecule has 14 heteroatoms. The molecule has 1 aromatic carbocycles. The van der Waals surface area contributed by atoms with Crippen LogP contribution in [0.15, 0.2) is 18.2 Å². The second kappa shape index (κ2) is 9.57. The first-order chi connectivity index (χ1) is 13.2. The van der Waals surface area contributed by atoms with Crippen molar-refractivity contribution in [3.63, 3.8) is 0 Å². The van der Waals surface area contributed by atoms with Gasteiger partial charge in [0.15, 0.2) is 6.79 Å². The van der Waals surface area contributed by atoms with E-state index in [9.17, 15) is 18.0 Å². The van der Waals surface area contributed by atoms with Gasteiger partial charge in [-0.1, -0.05) is 6.07 Å². The Balaban J connectivity index is 0.00000300. The molecule has 154 valence electrons. The van der Waals surface area contributed by atoms with Crippen LogP contribution in [0.1, 0.15) is 23.2 Å². The fourth-order valence-corrected chi connectivity index (χ4v) is 3.54. The quantitative estimate of drug-likeness (QED) is 0.196. The first kappa shape index (κ1) is 23.8. The predicted molar refractivity (Wildman–Crippen MR) is 91.2 cm³/mol. The van der Waals surface area contributed by atoms with E-state index in [0.29, 0.717) is 35.2 Å². The molecule has 0 saturated carbocycles. The molecular weight excluding hydrogens is 421 g/mol. The summed E-state index contributed by atoms with van der Waals surface area (Å²) >= 11 is 0. The van der Waals surface area contributed by atoms with Crippen molar-refractivity contribution in [2.75, 3.05) is 33.7 Å². The summed E-state index contributed by atoms with van der Waals surface area (Å²) in [7, 11) is -3.44. The Morgan fingerprint density at radius 2 is 2.03 bits per heavy atom. The Morgan fingerprint density at radius 3 is 2.66 bits per heavy atom. The predicted octanol–water partition coefficient (Wildman–Crippen LogP) is -2.16. The molecule has 2 bridgehead atoms. The van der Waals surface area contributed by atoms with E-state index in [1.807, 2.05) is 0 Å². The number of urea groups is 1. The molecule has 3 amide bonds. The van der Waals surface area contributed by atoms with Crippen molar-refractivity contribution >= 4 is 22.3 Å². The summed E-state index contributed by atoms with van der Waals surface area (Å²) in [5.41, 5.74) is 8.21. The van der Waals surface area contributed by atoms with Crippen molar-refractivity contribution in [3.05, 3.63) is 35.1 Å². The van der Waals surface area contributed by atoms with Gasteiger partial charge in [0.25, 0.3) is 0 Å². The number of nitrogens with zero attached hydrogens (tertiary/aromatic N) is 2. The van der Waals surface area contributed by atoms with E-state index in [0.717, 1.165) is 4.90 Å². The molecule has 2 N–H and O–H groups in total. The van der Waals surface area contributed by atoms with Gasteiger partial charge < -0.3 is 29.6 Å². The maximum atomic E-state index is 12.5. The van der Waals surface area contributed by atoms with E-state index in [1.165, 1.54) is 19.2 Å². The number of benzene rings is 1. The zero-order valence-electron chi connectivity index (χ0n) is 15.7. The van der Waals surface area contributed by atoms with E-state index in [2.05, 4.69) is 4.28 Å². The molecule has 0 aromatic heterocycles. The van der Waals surface area contributed by atoms with Crippen molar-refractivity contribution in [1.82, 2.24) is 9.96 Å². The molecule has 2 aliphatic rings. The number of hydrogen-bond donors (Lipinski definition) is 1. The third kappa shape index (κ3) is 5.19. The zero-order valence-corrected chi connectivity index (χ0v) is 18.5. The monoisotopic (exact) mass is 439 g/mol. The molecule has 1 fully saturated rings. The van der Waals surface area contributed by atoms with Crippen LogP contribution in [0.3, 0.4) is 0 Å². The molecule has 1 saturated heterocycles. The number of hydroxylamine groups is 2. The standard InChI is InChI=1S/C15H19N3O9S.Na/c1-24-4-5-25-8-26-9-2-3-10-11(6-9)12-7-17(13(10)14(16)19)15(20)18(12)27-28(21,22)23;/h2-3,6,12-13H,4-5,7-8H2,1H3,(H3,16,19,21,22,23);/q;+1/p-1/t12-,13+;/m0./s1. The molecule has 0 aliphatic carbocycles. The van der Waals surface area contributed by atoms with Crippen molar-refractivity contribution in [2.45, 2.75) is 12.1 Å². The zero-order chi connectivity index (χ0) is 20.5. The molecule has 0 spiro atoms. The van der Waals surface area contributed by atoms with E-state index in [-0.39, 0.29) is 42.9 Å². The van der Waals surface area contributed by atoms with Crippen LogP contribution in [0.4, 0.5) is 4.79 Å². The minimum absolute atomic E-state index is 0. The first-order valence-corrected chi connectivity index (χ1v) is 9.45. The molecule has 2 heterocycles. The summed E-state index contributed by atoms with van der Waals surface area (Å²) in [6, 6.07) is 1.47. The van der Waals surface area contributed by atoms with Gasteiger partial charge in [0.1, 0.15) is 17.8 Å². The van der Waals surface area contributed by atoms with Crippen molar-refractivity contribution in [2.24, 2.45) is 0 Å². The Kier molecular flexibility index (Phi) is 7.86. The van der Waals surface area contributed by atoms with E-state index >= 15 is 0 Å². The molecule has 2 aliphatic heterocycles. The van der Waals surface area contributed by atoms with Crippen LogP contribution in [0.25, 0.3) is 5.73 Å². The van der Waals surface area contributed by atoms with Crippen molar-refractivity contribution in [3.8, 4) is 5.75 Å². The van der Waals surface area contributed by atoms with Gasteiger partial charge in [-0.15, -0.1) is 4.28 Å². The topological polar surface area (TPSA) is 156 Å². The Hall–Kier alpha value is -1.45. The smallest absolute Gasteiger partial charge is 0.666 e. The summed E-state index contributed by atoms with van der Waals surface area (Å²) in [6.07, 6.45) is 0. The molecule has 3 rings (SSSR count). The number of hydrogen-bond acceptors (Lipinski definition) is 8. The summed E-state index contributed by atoms with van der Waals surface area (Å²) in [4.78, 5) is 25.3. The number of nitrogens with one attached hydrogen (secondary N) is 1. The molecule has 1 aromatic rings. The summed E-state index contributed by atoms with van der Waals surface area (Å²) < 4.78 is 51.1. The van der Waals surface area contributed by atoms with E-state index < -0.39 is 34.4 Å². The van der Waals surface area contributed by atoms with Crippen LogP contribution in [0.2, 0.25) is 0 Å².